The lowest BCUT2D eigenvalue weighted by Crippen LogP contribution is -2.38. The number of hydrogen-bond donors (Lipinski definition) is 1. The molecule has 0 atom stereocenters. The van der Waals surface area contributed by atoms with E-state index in [4.69, 9.17) is 28.9 Å². The molecule has 0 amide bonds. The zero-order chi connectivity index (χ0) is 15.1. The van der Waals surface area contributed by atoms with Gasteiger partial charge in [0.1, 0.15) is 4.90 Å². The second kappa shape index (κ2) is 5.72. The van der Waals surface area contributed by atoms with E-state index in [2.05, 4.69) is 0 Å². The van der Waals surface area contributed by atoms with Gasteiger partial charge in [0.05, 0.1) is 10.0 Å². The van der Waals surface area contributed by atoms with Gasteiger partial charge in [0.25, 0.3) is 0 Å². The summed E-state index contributed by atoms with van der Waals surface area (Å²) in [4.78, 5) is -0.0515. The smallest absolute Gasteiger partial charge is 0.246 e. The van der Waals surface area contributed by atoms with Crippen molar-refractivity contribution in [2.75, 3.05) is 12.3 Å². The highest BCUT2D eigenvalue weighted by Crippen LogP contribution is 2.37. The largest absolute Gasteiger partial charge is 0.399 e. The predicted molar refractivity (Wildman–Crippen MR) is 82.6 cm³/mol. The van der Waals surface area contributed by atoms with E-state index >= 15 is 0 Å². The zero-order valence-electron chi connectivity index (χ0n) is 11.4. The van der Waals surface area contributed by atoms with E-state index in [9.17, 15) is 8.42 Å². The number of nitrogens with two attached hydrogens (primary N) is 1. The molecule has 0 aromatic heterocycles. The molecule has 0 aliphatic heterocycles. The molecule has 1 aliphatic rings. The molecule has 7 heteroatoms. The minimum Gasteiger partial charge on any atom is -0.399 e. The van der Waals surface area contributed by atoms with E-state index in [0.29, 0.717) is 18.2 Å². The van der Waals surface area contributed by atoms with E-state index < -0.39 is 10.0 Å². The Morgan fingerprint density at radius 1 is 1.30 bits per heavy atom. The summed E-state index contributed by atoms with van der Waals surface area (Å²) in [6, 6.07) is 2.68. The van der Waals surface area contributed by atoms with Gasteiger partial charge in [-0.15, -0.1) is 0 Å². The molecule has 4 nitrogen and oxygen atoms in total. The Bertz CT molecular complexity index is 590. The summed E-state index contributed by atoms with van der Waals surface area (Å²) in [5.41, 5.74) is 5.97. The lowest BCUT2D eigenvalue weighted by molar-refractivity contribution is 0.342. The third-order valence-corrected chi connectivity index (χ3v) is 6.26. The van der Waals surface area contributed by atoms with Crippen molar-refractivity contribution in [3.8, 4) is 0 Å². The van der Waals surface area contributed by atoms with Crippen LogP contribution in [0.3, 0.4) is 0 Å². The van der Waals surface area contributed by atoms with Crippen LogP contribution < -0.4 is 5.73 Å². The van der Waals surface area contributed by atoms with Crippen LogP contribution in [0, 0.1) is 5.92 Å². The highest BCUT2D eigenvalue weighted by Gasteiger charge is 2.35. The average Bonchev–Trinajstić information content (AvgIpc) is 3.06. The summed E-state index contributed by atoms with van der Waals surface area (Å²) >= 11 is 12.1. The minimum absolute atomic E-state index is 0.0515. The van der Waals surface area contributed by atoms with Crippen LogP contribution >= 0.6 is 23.2 Å². The van der Waals surface area contributed by atoms with Crippen molar-refractivity contribution in [3.63, 3.8) is 0 Å². The lowest BCUT2D eigenvalue weighted by Gasteiger charge is -2.26. The Hall–Kier alpha value is -0.490. The molecule has 1 fully saturated rings. The van der Waals surface area contributed by atoms with E-state index in [0.717, 1.165) is 12.8 Å². The maximum atomic E-state index is 12.8. The molecule has 1 saturated carbocycles. The predicted octanol–water partition coefficient (Wildman–Crippen LogP) is 3.38. The molecule has 2 N–H and O–H groups in total. The molecule has 0 unspecified atom stereocenters. The monoisotopic (exact) mass is 336 g/mol. The number of anilines is 1. The van der Waals surface area contributed by atoms with Crippen LogP contribution in [0.5, 0.6) is 0 Å². The number of sulfonamides is 1. The zero-order valence-corrected chi connectivity index (χ0v) is 13.8. The first-order valence-electron chi connectivity index (χ1n) is 6.50. The average molecular weight is 337 g/mol. The second-order valence-corrected chi connectivity index (χ2v) is 8.07. The molecule has 0 bridgehead atoms. The molecule has 1 aromatic rings. The third kappa shape index (κ3) is 3.22. The topological polar surface area (TPSA) is 63.4 Å². The van der Waals surface area contributed by atoms with Crippen molar-refractivity contribution in [1.82, 2.24) is 4.31 Å². The number of hydrogen-bond acceptors (Lipinski definition) is 3. The van der Waals surface area contributed by atoms with Crippen molar-refractivity contribution in [1.29, 1.82) is 0 Å². The summed E-state index contributed by atoms with van der Waals surface area (Å²) in [5, 5.41) is 0.132. The highest BCUT2D eigenvalue weighted by molar-refractivity contribution is 7.89. The Morgan fingerprint density at radius 2 is 1.80 bits per heavy atom. The number of rotatable bonds is 5. The summed E-state index contributed by atoms with van der Waals surface area (Å²) in [5.74, 6) is 0.443. The van der Waals surface area contributed by atoms with Crippen LogP contribution in [0.25, 0.3) is 0 Å². The maximum Gasteiger partial charge on any atom is 0.246 e. The second-order valence-electron chi connectivity index (χ2n) is 5.43. The summed E-state index contributed by atoms with van der Waals surface area (Å²) in [6.07, 6.45) is 2.14. The van der Waals surface area contributed by atoms with Gasteiger partial charge in [-0.2, -0.15) is 4.31 Å². The molecule has 0 spiro atoms. The van der Waals surface area contributed by atoms with Gasteiger partial charge in [0.2, 0.25) is 10.0 Å². The first-order valence-corrected chi connectivity index (χ1v) is 8.69. The number of halogens is 2. The number of benzene rings is 1. The number of nitrogen functional groups attached to an aromatic ring is 1. The third-order valence-electron chi connectivity index (χ3n) is 3.30. The molecule has 20 heavy (non-hydrogen) atoms. The Balaban J connectivity index is 2.47. The molecule has 2 rings (SSSR count). The standard InChI is InChI=1S/C13H18Cl2N2O2S/c1-8(2)17(7-9-3-4-9)20(18,19)13-11(14)5-10(16)6-12(13)15/h5-6,8-9H,3-4,7,16H2,1-2H3. The van der Waals surface area contributed by atoms with Gasteiger partial charge in [-0.1, -0.05) is 23.2 Å². The summed E-state index contributed by atoms with van der Waals surface area (Å²) < 4.78 is 27.1. The van der Waals surface area contributed by atoms with Crippen LogP contribution in [0.2, 0.25) is 10.0 Å². The Morgan fingerprint density at radius 3 is 2.20 bits per heavy atom. The lowest BCUT2D eigenvalue weighted by atomic mass is 10.3. The molecule has 0 radical (unpaired) electrons. The van der Waals surface area contributed by atoms with Crippen LogP contribution in [-0.4, -0.2) is 25.3 Å². The summed E-state index contributed by atoms with van der Waals surface area (Å²) in [6.45, 7) is 4.20. The first-order chi connectivity index (χ1) is 9.23. The SMILES string of the molecule is CC(C)N(CC1CC1)S(=O)(=O)c1c(Cl)cc(N)cc1Cl. The van der Waals surface area contributed by atoms with Gasteiger partial charge in [-0.05, 0) is 44.7 Å². The van der Waals surface area contributed by atoms with Gasteiger partial charge in [-0.3, -0.25) is 0 Å². The van der Waals surface area contributed by atoms with E-state index in [1.54, 1.807) is 0 Å². The Kier molecular flexibility index (Phi) is 4.54. The van der Waals surface area contributed by atoms with Crippen LogP contribution in [0.1, 0.15) is 26.7 Å². The normalized spacial score (nSPS) is 16.1. The van der Waals surface area contributed by atoms with Crippen LogP contribution in [0.4, 0.5) is 5.69 Å². The van der Waals surface area contributed by atoms with Crippen LogP contribution in [-0.2, 0) is 10.0 Å². The Labute approximate surface area is 129 Å². The quantitative estimate of drug-likeness (QED) is 0.838. The van der Waals surface area contributed by atoms with Gasteiger partial charge in [0.15, 0.2) is 0 Å². The fourth-order valence-electron chi connectivity index (χ4n) is 2.08. The van der Waals surface area contributed by atoms with Crippen molar-refractivity contribution < 1.29 is 8.42 Å². The van der Waals surface area contributed by atoms with Gasteiger partial charge >= 0.3 is 0 Å². The molecule has 0 saturated heterocycles. The molecule has 0 heterocycles. The molecule has 1 aliphatic carbocycles. The van der Waals surface area contributed by atoms with Gasteiger partial charge in [-0.25, -0.2) is 8.42 Å². The molecule has 112 valence electrons. The fourth-order valence-corrected chi connectivity index (χ4v) is 4.98. The van der Waals surface area contributed by atoms with Gasteiger partial charge < -0.3 is 5.73 Å². The minimum atomic E-state index is -3.72. The first kappa shape index (κ1) is 15.9. The molecular weight excluding hydrogens is 319 g/mol. The van der Waals surface area contributed by atoms with Crippen molar-refractivity contribution in [2.24, 2.45) is 5.92 Å². The van der Waals surface area contributed by atoms with E-state index in [1.807, 2.05) is 13.8 Å². The van der Waals surface area contributed by atoms with Crippen molar-refractivity contribution in [3.05, 3.63) is 22.2 Å². The fraction of sp³-hybridized carbons (Fsp3) is 0.538. The van der Waals surface area contributed by atoms with Crippen molar-refractivity contribution >= 4 is 38.9 Å². The molecular formula is C13H18Cl2N2O2S. The maximum absolute atomic E-state index is 12.8. The number of nitrogens with zero attached hydrogens (tertiary/aromatic N) is 1. The van der Waals surface area contributed by atoms with E-state index in [1.165, 1.54) is 16.4 Å². The highest BCUT2D eigenvalue weighted by atomic mass is 35.5. The molecule has 1 aromatic carbocycles. The van der Waals surface area contributed by atoms with Gasteiger partial charge in [0, 0.05) is 18.3 Å². The van der Waals surface area contributed by atoms with Crippen LogP contribution in [0.15, 0.2) is 17.0 Å². The van der Waals surface area contributed by atoms with Crippen molar-refractivity contribution in [2.45, 2.75) is 37.6 Å². The summed E-state index contributed by atoms with van der Waals surface area (Å²) in [7, 11) is -3.72. The van der Waals surface area contributed by atoms with E-state index in [-0.39, 0.29) is 21.0 Å².